The number of morpholine rings is 1. The van der Waals surface area contributed by atoms with Gasteiger partial charge in [-0.3, -0.25) is 4.79 Å². The van der Waals surface area contributed by atoms with Gasteiger partial charge in [0.2, 0.25) is 17.7 Å². The molecule has 0 radical (unpaired) electrons. The predicted octanol–water partition coefficient (Wildman–Crippen LogP) is 1.83. The predicted molar refractivity (Wildman–Crippen MR) is 106 cm³/mol. The molecule has 1 aromatic heterocycles. The lowest BCUT2D eigenvalue weighted by molar-refractivity contribution is -0.142. The maximum Gasteiger partial charge on any atom is 0.248 e. The minimum absolute atomic E-state index is 0.0184. The number of ether oxygens (including phenoxy) is 2. The molecule has 9 nitrogen and oxygen atoms in total. The van der Waals surface area contributed by atoms with E-state index >= 15 is 0 Å². The van der Waals surface area contributed by atoms with Crippen LogP contribution in [-0.2, 0) is 9.53 Å². The van der Waals surface area contributed by atoms with Crippen molar-refractivity contribution in [2.24, 2.45) is 0 Å². The molecule has 0 bridgehead atoms. The van der Waals surface area contributed by atoms with Crippen LogP contribution in [0.4, 0.5) is 11.6 Å². The number of fused-ring (bicyclic) bond motifs is 1. The molecule has 1 saturated heterocycles. The summed E-state index contributed by atoms with van der Waals surface area (Å²) in [6.45, 7) is 2.62. The Morgan fingerprint density at radius 3 is 3.07 bits per heavy atom. The Balaban J connectivity index is 1.39. The number of anilines is 2. The van der Waals surface area contributed by atoms with Gasteiger partial charge in [-0.05, 0) is 24.6 Å². The fourth-order valence-electron chi connectivity index (χ4n) is 3.09. The molecule has 0 saturated carbocycles. The van der Waals surface area contributed by atoms with Gasteiger partial charge in [0, 0.05) is 25.8 Å². The molecule has 0 atom stereocenters. The zero-order valence-corrected chi connectivity index (χ0v) is 15.7. The number of rotatable bonds is 6. The number of amides is 1. The summed E-state index contributed by atoms with van der Waals surface area (Å²) < 4.78 is 10.9. The topological polar surface area (TPSA) is 112 Å². The molecular formula is C20H20N6O3. The Hall–Kier alpha value is -3.64. The van der Waals surface area contributed by atoms with Crippen molar-refractivity contribution in [1.82, 2.24) is 14.9 Å². The zero-order valence-electron chi connectivity index (χ0n) is 15.7. The number of allylic oxidation sites excluding steroid dienone is 1. The van der Waals surface area contributed by atoms with Gasteiger partial charge in [0.05, 0.1) is 18.0 Å². The Bertz CT molecular complexity index is 957. The maximum atomic E-state index is 11.7. The van der Waals surface area contributed by atoms with Gasteiger partial charge < -0.3 is 25.0 Å². The second-order valence-electron chi connectivity index (χ2n) is 6.52. The minimum atomic E-state index is 0.0184. The molecule has 2 N–H and O–H groups in total. The molecule has 0 unspecified atom stereocenters. The van der Waals surface area contributed by atoms with Gasteiger partial charge in [0.1, 0.15) is 18.2 Å². The molecule has 3 heterocycles. The largest absolute Gasteiger partial charge is 0.437 e. The van der Waals surface area contributed by atoms with E-state index in [0.29, 0.717) is 55.1 Å². The number of para-hydroxylation sites is 2. The molecule has 29 heavy (non-hydrogen) atoms. The van der Waals surface area contributed by atoms with Gasteiger partial charge in [0.25, 0.3) is 0 Å². The van der Waals surface area contributed by atoms with E-state index < -0.39 is 0 Å². The van der Waals surface area contributed by atoms with Crippen LogP contribution >= 0.6 is 0 Å². The molecule has 0 aliphatic carbocycles. The number of carbonyl (C=O) groups excluding carboxylic acids is 1. The summed E-state index contributed by atoms with van der Waals surface area (Å²) in [4.78, 5) is 22.1. The third-order valence-electron chi connectivity index (χ3n) is 4.57. The molecule has 9 heteroatoms. The minimum Gasteiger partial charge on any atom is -0.437 e. The number of hydrogen-bond acceptors (Lipinski definition) is 8. The molecule has 2 aliphatic rings. The fourth-order valence-corrected chi connectivity index (χ4v) is 3.09. The summed E-state index contributed by atoms with van der Waals surface area (Å²) in [5.74, 6) is 1.45. The highest BCUT2D eigenvalue weighted by Gasteiger charge is 2.22. The number of nitrogens with one attached hydrogen (secondary N) is 2. The summed E-state index contributed by atoms with van der Waals surface area (Å²) in [5, 5.41) is 15.9. The van der Waals surface area contributed by atoms with E-state index in [1.54, 1.807) is 17.2 Å². The molecule has 2 aliphatic heterocycles. The first-order chi connectivity index (χ1) is 14.2. The summed E-state index contributed by atoms with van der Waals surface area (Å²) >= 11 is 0. The van der Waals surface area contributed by atoms with Crippen LogP contribution in [0.1, 0.15) is 12.1 Å². The van der Waals surface area contributed by atoms with E-state index in [2.05, 4.69) is 26.7 Å². The van der Waals surface area contributed by atoms with Crippen LogP contribution in [0.3, 0.4) is 0 Å². The zero-order chi connectivity index (χ0) is 20.1. The maximum absolute atomic E-state index is 11.7. The van der Waals surface area contributed by atoms with Gasteiger partial charge >= 0.3 is 0 Å². The first-order valence-corrected chi connectivity index (χ1v) is 9.35. The first kappa shape index (κ1) is 18.7. The van der Waals surface area contributed by atoms with Crippen LogP contribution in [0.15, 0.2) is 42.4 Å². The number of benzene rings is 1. The molecular weight excluding hydrogens is 372 g/mol. The highest BCUT2D eigenvalue weighted by molar-refractivity contribution is 5.81. The number of hydrogen-bond donors (Lipinski definition) is 2. The van der Waals surface area contributed by atoms with Crippen LogP contribution in [0.25, 0.3) is 5.57 Å². The van der Waals surface area contributed by atoms with E-state index in [4.69, 9.17) is 9.47 Å². The van der Waals surface area contributed by atoms with Crippen molar-refractivity contribution < 1.29 is 14.3 Å². The monoisotopic (exact) mass is 392 g/mol. The second-order valence-corrected chi connectivity index (χ2v) is 6.52. The van der Waals surface area contributed by atoms with Gasteiger partial charge in [-0.25, -0.2) is 9.97 Å². The van der Waals surface area contributed by atoms with Gasteiger partial charge in [-0.15, -0.1) is 0 Å². The quantitative estimate of drug-likeness (QED) is 0.566. The van der Waals surface area contributed by atoms with Crippen LogP contribution < -0.4 is 15.4 Å². The smallest absolute Gasteiger partial charge is 0.248 e. The van der Waals surface area contributed by atoms with Crippen molar-refractivity contribution in [3.05, 3.63) is 48.1 Å². The van der Waals surface area contributed by atoms with E-state index in [1.807, 2.05) is 24.3 Å². The summed E-state index contributed by atoms with van der Waals surface area (Å²) in [6.07, 6.45) is 2.35. The van der Waals surface area contributed by atoms with Crippen molar-refractivity contribution in [1.29, 1.82) is 5.26 Å². The Morgan fingerprint density at radius 2 is 2.24 bits per heavy atom. The van der Waals surface area contributed by atoms with E-state index in [0.717, 1.165) is 12.1 Å². The van der Waals surface area contributed by atoms with Gasteiger partial charge in [-0.2, -0.15) is 5.26 Å². The lowest BCUT2D eigenvalue weighted by atomic mass is 10.2. The molecule has 0 spiro atoms. The van der Waals surface area contributed by atoms with Gasteiger partial charge in [-0.1, -0.05) is 12.1 Å². The van der Waals surface area contributed by atoms with Crippen LogP contribution in [0, 0.1) is 11.3 Å². The Morgan fingerprint density at radius 1 is 1.34 bits per heavy atom. The van der Waals surface area contributed by atoms with Crippen molar-refractivity contribution in [3.63, 3.8) is 0 Å². The molecule has 1 fully saturated rings. The van der Waals surface area contributed by atoms with Crippen LogP contribution in [-0.4, -0.2) is 53.6 Å². The summed E-state index contributed by atoms with van der Waals surface area (Å²) in [5.41, 5.74) is 1.56. The number of nitrogens with zero attached hydrogens (tertiary/aromatic N) is 4. The number of aromatic nitrogens is 2. The van der Waals surface area contributed by atoms with E-state index in [9.17, 15) is 10.1 Å². The van der Waals surface area contributed by atoms with Crippen molar-refractivity contribution >= 4 is 23.1 Å². The van der Waals surface area contributed by atoms with Crippen molar-refractivity contribution in [2.45, 2.75) is 6.42 Å². The SMILES string of the molecule is N#C/C(=C1\Nc2ccccc2O1)c1ccnc(NCCCN2CCOCC2=O)n1. The summed E-state index contributed by atoms with van der Waals surface area (Å²) in [6, 6.07) is 11.3. The molecule has 148 valence electrons. The standard InChI is InChI=1S/C20H20N6O3/c21-12-14(19-24-16-4-1-2-5-17(16)29-19)15-6-8-23-20(25-15)22-7-3-9-26-10-11-28-13-18(26)27/h1-2,4-6,8,24H,3,7,9-11,13H2,(H,22,23,25)/b19-14-. The molecule has 1 amide bonds. The average Bonchev–Trinajstić information content (AvgIpc) is 3.17. The number of nitriles is 1. The normalized spacial score (nSPS) is 17.1. The Labute approximate surface area is 168 Å². The van der Waals surface area contributed by atoms with Gasteiger partial charge in [0.15, 0.2) is 5.75 Å². The van der Waals surface area contributed by atoms with Crippen LogP contribution in [0.5, 0.6) is 5.75 Å². The van der Waals surface area contributed by atoms with Crippen molar-refractivity contribution in [2.75, 3.05) is 43.5 Å². The summed E-state index contributed by atoms with van der Waals surface area (Å²) in [7, 11) is 0. The highest BCUT2D eigenvalue weighted by atomic mass is 16.5. The first-order valence-electron chi connectivity index (χ1n) is 9.35. The third-order valence-corrected chi connectivity index (χ3v) is 4.57. The lowest BCUT2D eigenvalue weighted by Crippen LogP contribution is -2.42. The van der Waals surface area contributed by atoms with Crippen LogP contribution in [0.2, 0.25) is 0 Å². The third kappa shape index (κ3) is 4.28. The Kier molecular flexibility index (Phi) is 5.54. The highest BCUT2D eigenvalue weighted by Crippen LogP contribution is 2.35. The second kappa shape index (κ2) is 8.58. The fraction of sp³-hybridized carbons (Fsp3) is 0.300. The lowest BCUT2D eigenvalue weighted by Gasteiger charge is -2.26. The molecule has 4 rings (SSSR count). The van der Waals surface area contributed by atoms with E-state index in [1.165, 1.54) is 0 Å². The van der Waals surface area contributed by atoms with Crippen molar-refractivity contribution in [3.8, 4) is 11.8 Å². The average molecular weight is 392 g/mol. The molecule has 2 aromatic rings. The number of carbonyl (C=O) groups is 1. The molecule has 1 aromatic carbocycles. The van der Waals surface area contributed by atoms with E-state index in [-0.39, 0.29) is 12.5 Å².